The van der Waals surface area contributed by atoms with Crippen molar-refractivity contribution >= 4 is 34.4 Å². The molecule has 2 heterocycles. The van der Waals surface area contributed by atoms with Crippen LogP contribution < -0.4 is 5.32 Å². The predicted octanol–water partition coefficient (Wildman–Crippen LogP) is 4.48. The van der Waals surface area contributed by atoms with Crippen molar-refractivity contribution in [1.82, 2.24) is 9.88 Å². The summed E-state index contributed by atoms with van der Waals surface area (Å²) < 4.78 is 0. The Labute approximate surface area is 145 Å². The minimum Gasteiger partial charge on any atom is -0.358 e. The van der Waals surface area contributed by atoms with Gasteiger partial charge in [0, 0.05) is 52.3 Å². The zero-order chi connectivity index (χ0) is 16.5. The first-order chi connectivity index (χ1) is 11.7. The molecule has 0 unspecified atom stereocenters. The van der Waals surface area contributed by atoms with E-state index in [0.717, 1.165) is 24.2 Å². The molecule has 0 bridgehead atoms. The van der Waals surface area contributed by atoms with Crippen molar-refractivity contribution in [2.24, 2.45) is 0 Å². The first kappa shape index (κ1) is 15.1. The highest BCUT2D eigenvalue weighted by Gasteiger charge is 2.23. The van der Waals surface area contributed by atoms with Crippen molar-refractivity contribution in [3.8, 4) is 0 Å². The van der Waals surface area contributed by atoms with Crippen LogP contribution in [0, 0.1) is 0 Å². The number of aromatic amines is 1. The highest BCUT2D eigenvalue weighted by atomic mass is 32.2. The minimum atomic E-state index is -0.0390. The number of rotatable bonds is 2. The van der Waals surface area contributed by atoms with Crippen LogP contribution in [0.4, 0.5) is 10.5 Å². The Bertz CT molecular complexity index is 885. The van der Waals surface area contributed by atoms with Gasteiger partial charge in [-0.3, -0.25) is 0 Å². The van der Waals surface area contributed by atoms with E-state index in [2.05, 4.69) is 22.4 Å². The fraction of sp³-hybridized carbons (Fsp3) is 0.211. The lowest BCUT2D eigenvalue weighted by Crippen LogP contribution is -2.38. The van der Waals surface area contributed by atoms with Crippen molar-refractivity contribution in [2.45, 2.75) is 17.9 Å². The molecule has 5 heteroatoms. The number of amides is 2. The summed E-state index contributed by atoms with van der Waals surface area (Å²) in [6.07, 6.45) is 2.91. The molecule has 0 atom stereocenters. The summed E-state index contributed by atoms with van der Waals surface area (Å²) >= 11 is 1.69. The van der Waals surface area contributed by atoms with Gasteiger partial charge in [-0.2, -0.15) is 0 Å². The largest absolute Gasteiger partial charge is 0.358 e. The number of aromatic nitrogens is 1. The number of anilines is 1. The lowest BCUT2D eigenvalue weighted by atomic mass is 10.0. The SMILES string of the molecule is CSc1ccc(NC(=O)N2CCc3[nH]c4ccccc4c3C2)cc1. The highest BCUT2D eigenvalue weighted by molar-refractivity contribution is 7.98. The van der Waals surface area contributed by atoms with Crippen molar-refractivity contribution in [2.75, 3.05) is 18.1 Å². The molecule has 0 saturated heterocycles. The number of fused-ring (bicyclic) bond motifs is 3. The Morgan fingerprint density at radius 3 is 2.75 bits per heavy atom. The van der Waals surface area contributed by atoms with Gasteiger partial charge in [-0.25, -0.2) is 4.79 Å². The quantitative estimate of drug-likeness (QED) is 0.677. The van der Waals surface area contributed by atoms with E-state index in [1.54, 1.807) is 11.8 Å². The second-order valence-corrected chi connectivity index (χ2v) is 6.84. The number of thioether (sulfide) groups is 1. The van der Waals surface area contributed by atoms with Crippen LogP contribution in [0.3, 0.4) is 0 Å². The van der Waals surface area contributed by atoms with Gasteiger partial charge in [-0.15, -0.1) is 11.8 Å². The van der Waals surface area contributed by atoms with Gasteiger partial charge in [0.25, 0.3) is 0 Å². The third kappa shape index (κ3) is 2.76. The van der Waals surface area contributed by atoms with Crippen molar-refractivity contribution in [3.05, 3.63) is 59.8 Å². The van der Waals surface area contributed by atoms with E-state index in [1.165, 1.54) is 21.5 Å². The van der Waals surface area contributed by atoms with Crippen LogP contribution in [-0.4, -0.2) is 28.7 Å². The molecule has 24 heavy (non-hydrogen) atoms. The number of carbonyl (C=O) groups excluding carboxylic acids is 1. The molecular weight excluding hydrogens is 318 g/mol. The van der Waals surface area contributed by atoms with E-state index < -0.39 is 0 Å². The number of carbonyl (C=O) groups is 1. The monoisotopic (exact) mass is 337 g/mol. The van der Waals surface area contributed by atoms with Crippen LogP contribution in [0.15, 0.2) is 53.4 Å². The van der Waals surface area contributed by atoms with Crippen LogP contribution in [0.1, 0.15) is 11.3 Å². The molecule has 4 nitrogen and oxygen atoms in total. The number of nitrogens with zero attached hydrogens (tertiary/aromatic N) is 1. The first-order valence-electron chi connectivity index (χ1n) is 8.03. The minimum absolute atomic E-state index is 0.0390. The Balaban J connectivity index is 1.52. The van der Waals surface area contributed by atoms with E-state index in [9.17, 15) is 4.79 Å². The molecule has 1 aliphatic heterocycles. The highest BCUT2D eigenvalue weighted by Crippen LogP contribution is 2.28. The molecule has 2 N–H and O–H groups in total. The fourth-order valence-corrected chi connectivity index (χ4v) is 3.62. The van der Waals surface area contributed by atoms with Crippen LogP contribution >= 0.6 is 11.8 Å². The van der Waals surface area contributed by atoms with E-state index in [1.807, 2.05) is 47.6 Å². The molecule has 0 aliphatic carbocycles. The molecule has 0 spiro atoms. The number of H-pyrrole nitrogens is 1. The van der Waals surface area contributed by atoms with Gasteiger partial charge in [-0.05, 0) is 36.6 Å². The van der Waals surface area contributed by atoms with Gasteiger partial charge in [0.1, 0.15) is 0 Å². The first-order valence-corrected chi connectivity index (χ1v) is 9.25. The van der Waals surface area contributed by atoms with Crippen LogP contribution in [-0.2, 0) is 13.0 Å². The normalized spacial score (nSPS) is 13.8. The smallest absolute Gasteiger partial charge is 0.322 e. The maximum absolute atomic E-state index is 12.6. The third-order valence-corrected chi connectivity index (χ3v) is 5.25. The van der Waals surface area contributed by atoms with Crippen molar-refractivity contribution in [1.29, 1.82) is 0 Å². The predicted molar refractivity (Wildman–Crippen MR) is 99.7 cm³/mol. The van der Waals surface area contributed by atoms with Gasteiger partial charge >= 0.3 is 6.03 Å². The Morgan fingerprint density at radius 1 is 1.17 bits per heavy atom. The number of hydrogen-bond acceptors (Lipinski definition) is 2. The number of hydrogen-bond donors (Lipinski definition) is 2. The lowest BCUT2D eigenvalue weighted by Gasteiger charge is -2.27. The Morgan fingerprint density at radius 2 is 1.96 bits per heavy atom. The number of nitrogens with one attached hydrogen (secondary N) is 2. The standard InChI is InChI=1S/C19H19N3OS/c1-24-14-8-6-13(7-9-14)20-19(23)22-11-10-18-16(12-22)15-4-2-3-5-17(15)21-18/h2-9,21H,10-12H2,1H3,(H,20,23). The molecule has 122 valence electrons. The second kappa shape index (κ2) is 6.24. The van der Waals surface area contributed by atoms with Crippen molar-refractivity contribution < 1.29 is 4.79 Å². The van der Waals surface area contributed by atoms with Crippen molar-refractivity contribution in [3.63, 3.8) is 0 Å². The summed E-state index contributed by atoms with van der Waals surface area (Å²) in [5.41, 5.74) is 4.48. The molecule has 2 amide bonds. The van der Waals surface area contributed by atoms with Crippen LogP contribution in [0.25, 0.3) is 10.9 Å². The van der Waals surface area contributed by atoms with Gasteiger partial charge < -0.3 is 15.2 Å². The van der Waals surface area contributed by atoms with E-state index in [4.69, 9.17) is 0 Å². The van der Waals surface area contributed by atoms with Crippen LogP contribution in [0.2, 0.25) is 0 Å². The molecule has 2 aromatic carbocycles. The maximum atomic E-state index is 12.6. The molecule has 1 aromatic heterocycles. The summed E-state index contributed by atoms with van der Waals surface area (Å²) in [4.78, 5) is 19.1. The van der Waals surface area contributed by atoms with Gasteiger partial charge in [0.2, 0.25) is 0 Å². The Kier molecular flexibility index (Phi) is 3.94. The summed E-state index contributed by atoms with van der Waals surface area (Å²) in [6.45, 7) is 1.38. The zero-order valence-corrected chi connectivity index (χ0v) is 14.3. The number of benzene rings is 2. The molecule has 1 aliphatic rings. The van der Waals surface area contributed by atoms with E-state index in [0.29, 0.717) is 6.54 Å². The maximum Gasteiger partial charge on any atom is 0.322 e. The molecule has 0 radical (unpaired) electrons. The summed E-state index contributed by atoms with van der Waals surface area (Å²) in [5.74, 6) is 0. The summed E-state index contributed by atoms with van der Waals surface area (Å²) in [5, 5.41) is 4.22. The molecular formula is C19H19N3OS. The molecule has 3 aromatic rings. The average Bonchev–Trinajstić information content (AvgIpc) is 3.00. The van der Waals surface area contributed by atoms with Gasteiger partial charge in [0.05, 0.1) is 0 Å². The summed E-state index contributed by atoms with van der Waals surface area (Å²) in [7, 11) is 0. The lowest BCUT2D eigenvalue weighted by molar-refractivity contribution is 0.206. The number of para-hydroxylation sites is 1. The van der Waals surface area contributed by atoms with Gasteiger partial charge in [0.15, 0.2) is 0 Å². The third-order valence-electron chi connectivity index (χ3n) is 4.51. The van der Waals surface area contributed by atoms with Crippen LogP contribution in [0.5, 0.6) is 0 Å². The van der Waals surface area contributed by atoms with E-state index in [-0.39, 0.29) is 6.03 Å². The molecule has 0 fully saturated rings. The second-order valence-electron chi connectivity index (χ2n) is 5.96. The zero-order valence-electron chi connectivity index (χ0n) is 13.5. The molecule has 0 saturated carbocycles. The topological polar surface area (TPSA) is 48.1 Å². The molecule has 4 rings (SSSR count). The number of urea groups is 1. The Hall–Kier alpha value is -2.40. The van der Waals surface area contributed by atoms with E-state index >= 15 is 0 Å². The average molecular weight is 337 g/mol. The van der Waals surface area contributed by atoms with Gasteiger partial charge in [-0.1, -0.05) is 18.2 Å². The summed E-state index contributed by atoms with van der Waals surface area (Å²) in [6, 6.07) is 16.2. The fourth-order valence-electron chi connectivity index (χ4n) is 3.22.